The first-order valence-corrected chi connectivity index (χ1v) is 11.7. The number of hydrogen-bond acceptors (Lipinski definition) is 7. The molecule has 1 saturated heterocycles. The van der Waals surface area contributed by atoms with Crippen molar-refractivity contribution >= 4 is 17.6 Å². The predicted molar refractivity (Wildman–Crippen MR) is 124 cm³/mol. The van der Waals surface area contributed by atoms with E-state index in [0.29, 0.717) is 24.7 Å². The van der Waals surface area contributed by atoms with Gasteiger partial charge in [-0.05, 0) is 42.0 Å². The van der Waals surface area contributed by atoms with Crippen LogP contribution >= 0.6 is 11.8 Å². The van der Waals surface area contributed by atoms with Gasteiger partial charge in [0.25, 0.3) is 0 Å². The standard InChI is InChI=1S/C24H31N3O3S/c1-17(2)13-20-21(15-25)24(31-12-7-18-5-4-6-19(14-18)29-3)26-23(22(20)16-28)27-8-10-30-11-9-27/h4-6,14,17,28H,7-13,16H2,1-3H3. The lowest BCUT2D eigenvalue weighted by Gasteiger charge is -2.31. The van der Waals surface area contributed by atoms with E-state index in [2.05, 4.69) is 30.9 Å². The Morgan fingerprint density at radius 3 is 2.71 bits per heavy atom. The minimum Gasteiger partial charge on any atom is -0.497 e. The van der Waals surface area contributed by atoms with Gasteiger partial charge >= 0.3 is 0 Å². The summed E-state index contributed by atoms with van der Waals surface area (Å²) in [5.74, 6) is 2.81. The van der Waals surface area contributed by atoms with Crippen molar-refractivity contribution in [3.05, 3.63) is 46.5 Å². The number of hydrogen-bond donors (Lipinski definition) is 1. The van der Waals surface area contributed by atoms with E-state index in [-0.39, 0.29) is 6.61 Å². The van der Waals surface area contributed by atoms with Crippen molar-refractivity contribution < 1.29 is 14.6 Å². The number of aliphatic hydroxyl groups excluding tert-OH is 1. The molecule has 166 valence electrons. The summed E-state index contributed by atoms with van der Waals surface area (Å²) in [5.41, 5.74) is 3.50. The molecule has 1 N–H and O–H groups in total. The van der Waals surface area contributed by atoms with E-state index >= 15 is 0 Å². The number of methoxy groups -OCH3 is 1. The fourth-order valence-electron chi connectivity index (χ4n) is 3.78. The second kappa shape index (κ2) is 11.4. The van der Waals surface area contributed by atoms with Crippen molar-refractivity contribution in [1.29, 1.82) is 5.26 Å². The zero-order valence-electron chi connectivity index (χ0n) is 18.6. The van der Waals surface area contributed by atoms with Crippen LogP contribution < -0.4 is 9.64 Å². The number of anilines is 1. The fraction of sp³-hybridized carbons (Fsp3) is 0.500. The van der Waals surface area contributed by atoms with E-state index in [9.17, 15) is 10.4 Å². The minimum absolute atomic E-state index is 0.120. The van der Waals surface area contributed by atoms with Crippen LogP contribution in [-0.2, 0) is 24.2 Å². The molecule has 0 saturated carbocycles. The van der Waals surface area contributed by atoms with E-state index < -0.39 is 0 Å². The Kier molecular flexibility index (Phi) is 8.59. The Hall–Kier alpha value is -2.27. The van der Waals surface area contributed by atoms with E-state index in [4.69, 9.17) is 14.5 Å². The number of morpholine rings is 1. The summed E-state index contributed by atoms with van der Waals surface area (Å²) in [6.45, 7) is 6.90. The number of nitrogens with zero attached hydrogens (tertiary/aromatic N) is 3. The molecule has 31 heavy (non-hydrogen) atoms. The van der Waals surface area contributed by atoms with E-state index in [1.807, 2.05) is 18.2 Å². The van der Waals surface area contributed by atoms with Gasteiger partial charge < -0.3 is 19.5 Å². The Balaban J connectivity index is 1.92. The average Bonchev–Trinajstić information content (AvgIpc) is 2.79. The lowest BCUT2D eigenvalue weighted by molar-refractivity contribution is 0.122. The molecule has 0 unspecified atom stereocenters. The number of aryl methyl sites for hydroxylation is 1. The molecule has 0 amide bonds. The number of nitriles is 1. The first-order chi connectivity index (χ1) is 15.1. The fourth-order valence-corrected chi connectivity index (χ4v) is 4.78. The van der Waals surface area contributed by atoms with Crippen molar-refractivity contribution in [2.75, 3.05) is 44.1 Å². The molecule has 0 bridgehead atoms. The maximum Gasteiger partial charge on any atom is 0.135 e. The van der Waals surface area contributed by atoms with Crippen LogP contribution in [0, 0.1) is 17.2 Å². The largest absolute Gasteiger partial charge is 0.497 e. The van der Waals surface area contributed by atoms with Crippen molar-refractivity contribution in [1.82, 2.24) is 4.98 Å². The highest BCUT2D eigenvalue weighted by atomic mass is 32.2. The molecule has 7 heteroatoms. The summed E-state index contributed by atoms with van der Waals surface area (Å²) in [4.78, 5) is 7.07. The molecule has 0 aliphatic carbocycles. The van der Waals surface area contributed by atoms with Crippen LogP contribution in [0.25, 0.3) is 0 Å². The molecular weight excluding hydrogens is 410 g/mol. The molecule has 2 aromatic rings. The highest BCUT2D eigenvalue weighted by molar-refractivity contribution is 7.99. The number of pyridine rings is 1. The Labute approximate surface area is 189 Å². The quantitative estimate of drug-likeness (QED) is 0.593. The van der Waals surface area contributed by atoms with Gasteiger partial charge in [0, 0.05) is 24.4 Å². The van der Waals surface area contributed by atoms with Crippen LogP contribution in [0.1, 0.15) is 36.1 Å². The third kappa shape index (κ3) is 5.91. The van der Waals surface area contributed by atoms with Gasteiger partial charge in [-0.2, -0.15) is 5.26 Å². The smallest absolute Gasteiger partial charge is 0.135 e. The summed E-state index contributed by atoms with van der Waals surface area (Å²) in [7, 11) is 1.67. The third-order valence-corrected chi connectivity index (χ3v) is 6.29. The SMILES string of the molecule is COc1cccc(CCSc2nc(N3CCOCC3)c(CO)c(CC(C)C)c2C#N)c1. The molecule has 1 fully saturated rings. The first-order valence-electron chi connectivity index (χ1n) is 10.7. The maximum atomic E-state index is 10.2. The lowest BCUT2D eigenvalue weighted by Crippen LogP contribution is -2.37. The minimum atomic E-state index is -0.120. The van der Waals surface area contributed by atoms with Crippen molar-refractivity contribution in [2.24, 2.45) is 5.92 Å². The number of benzene rings is 1. The van der Waals surface area contributed by atoms with Gasteiger partial charge in [0.1, 0.15) is 22.7 Å². The molecule has 3 rings (SSSR count). The summed E-state index contributed by atoms with van der Waals surface area (Å²) in [6, 6.07) is 10.4. The third-order valence-electron chi connectivity index (χ3n) is 5.31. The second-order valence-electron chi connectivity index (χ2n) is 7.99. The highest BCUT2D eigenvalue weighted by Crippen LogP contribution is 2.34. The number of rotatable bonds is 9. The van der Waals surface area contributed by atoms with Crippen LogP contribution in [0.5, 0.6) is 5.75 Å². The lowest BCUT2D eigenvalue weighted by atomic mass is 9.95. The maximum absolute atomic E-state index is 10.2. The van der Waals surface area contributed by atoms with Crippen LogP contribution in [0.2, 0.25) is 0 Å². The molecular formula is C24H31N3O3S. The molecule has 0 radical (unpaired) electrons. The average molecular weight is 442 g/mol. The van der Waals surface area contributed by atoms with Gasteiger partial charge in [0.05, 0.1) is 32.5 Å². The van der Waals surface area contributed by atoms with Crippen molar-refractivity contribution in [3.63, 3.8) is 0 Å². The second-order valence-corrected chi connectivity index (χ2v) is 9.07. The van der Waals surface area contributed by atoms with Gasteiger partial charge in [-0.15, -0.1) is 11.8 Å². The molecule has 0 spiro atoms. The zero-order valence-corrected chi connectivity index (χ0v) is 19.4. The normalized spacial score (nSPS) is 14.0. The van der Waals surface area contributed by atoms with Gasteiger partial charge in [-0.25, -0.2) is 4.98 Å². The van der Waals surface area contributed by atoms with Gasteiger partial charge in [0.2, 0.25) is 0 Å². The molecule has 6 nitrogen and oxygen atoms in total. The topological polar surface area (TPSA) is 78.6 Å². The van der Waals surface area contributed by atoms with Crippen molar-refractivity contribution in [2.45, 2.75) is 38.3 Å². The van der Waals surface area contributed by atoms with Crippen molar-refractivity contribution in [3.8, 4) is 11.8 Å². The Bertz CT molecular complexity index is 921. The van der Waals surface area contributed by atoms with Gasteiger partial charge in [0.15, 0.2) is 0 Å². The molecule has 1 aliphatic heterocycles. The van der Waals surface area contributed by atoms with E-state index in [1.54, 1.807) is 18.9 Å². The number of thioether (sulfide) groups is 1. The van der Waals surface area contributed by atoms with Gasteiger partial charge in [-0.1, -0.05) is 26.0 Å². The number of aliphatic hydroxyl groups is 1. The van der Waals surface area contributed by atoms with E-state index in [1.165, 1.54) is 5.56 Å². The highest BCUT2D eigenvalue weighted by Gasteiger charge is 2.24. The predicted octanol–water partition coefficient (Wildman–Crippen LogP) is 3.82. The Morgan fingerprint density at radius 2 is 2.06 bits per heavy atom. The van der Waals surface area contributed by atoms with Crippen LogP contribution in [0.4, 0.5) is 5.82 Å². The zero-order chi connectivity index (χ0) is 22.2. The number of aromatic nitrogens is 1. The van der Waals surface area contributed by atoms with E-state index in [0.717, 1.165) is 59.4 Å². The summed E-state index contributed by atoms with van der Waals surface area (Å²) in [6.07, 6.45) is 1.59. The summed E-state index contributed by atoms with van der Waals surface area (Å²) < 4.78 is 10.8. The molecule has 1 aromatic heterocycles. The summed E-state index contributed by atoms with van der Waals surface area (Å²) in [5, 5.41) is 20.9. The molecule has 2 heterocycles. The molecule has 1 aromatic carbocycles. The first kappa shape index (κ1) is 23.4. The number of ether oxygens (including phenoxy) is 2. The van der Waals surface area contributed by atoms with Crippen LogP contribution in [0.3, 0.4) is 0 Å². The molecule has 1 aliphatic rings. The molecule has 0 atom stereocenters. The van der Waals surface area contributed by atoms with Crippen LogP contribution in [0.15, 0.2) is 29.3 Å². The Morgan fingerprint density at radius 1 is 1.29 bits per heavy atom. The summed E-state index contributed by atoms with van der Waals surface area (Å²) >= 11 is 1.60. The van der Waals surface area contributed by atoms with Crippen LogP contribution in [-0.4, -0.2) is 49.3 Å². The van der Waals surface area contributed by atoms with Gasteiger partial charge in [-0.3, -0.25) is 0 Å². The monoisotopic (exact) mass is 441 g/mol.